The lowest BCUT2D eigenvalue weighted by Gasteiger charge is -2.14. The van der Waals surface area contributed by atoms with Crippen LogP contribution in [-0.4, -0.2) is 10.3 Å². The molecule has 0 fully saturated rings. The zero-order chi connectivity index (χ0) is 17.6. The Morgan fingerprint density at radius 1 is 1.16 bits per heavy atom. The Hall–Kier alpha value is -2.75. The number of fused-ring (bicyclic) bond motifs is 3. The van der Waals surface area contributed by atoms with Gasteiger partial charge in [0.05, 0.1) is 17.8 Å². The summed E-state index contributed by atoms with van der Waals surface area (Å²) in [5.41, 5.74) is 5.36. The van der Waals surface area contributed by atoms with Gasteiger partial charge in [0.15, 0.2) is 11.8 Å². The molecule has 4 heteroatoms. The first kappa shape index (κ1) is 15.8. The summed E-state index contributed by atoms with van der Waals surface area (Å²) in [7, 11) is 0. The van der Waals surface area contributed by atoms with Gasteiger partial charge in [0, 0.05) is 0 Å². The average Bonchev–Trinajstić information content (AvgIpc) is 3.00. The van der Waals surface area contributed by atoms with E-state index in [-0.39, 0.29) is 11.6 Å². The van der Waals surface area contributed by atoms with Gasteiger partial charge in [-0.2, -0.15) is 4.57 Å². The van der Waals surface area contributed by atoms with E-state index in [9.17, 15) is 4.79 Å². The number of aliphatic imine (C=N–C) groups is 1. The maximum Gasteiger partial charge on any atom is 0.403 e. The van der Waals surface area contributed by atoms with E-state index in [0.29, 0.717) is 6.54 Å². The first-order chi connectivity index (χ1) is 12.1. The molecule has 1 aromatic heterocycles. The molecule has 2 aromatic rings. The van der Waals surface area contributed by atoms with Gasteiger partial charge in [0.25, 0.3) is 0 Å². The van der Waals surface area contributed by atoms with Gasteiger partial charge in [0.1, 0.15) is 0 Å². The van der Waals surface area contributed by atoms with Crippen LogP contribution < -0.4 is 10.1 Å². The fraction of sp³-hybridized carbons (Fsp3) is 0.286. The normalized spacial score (nSPS) is 17.4. The molecule has 0 bridgehead atoms. The fourth-order valence-electron chi connectivity index (χ4n) is 3.63. The van der Waals surface area contributed by atoms with E-state index >= 15 is 0 Å². The quantitative estimate of drug-likeness (QED) is 0.796. The predicted molar refractivity (Wildman–Crippen MR) is 99.7 cm³/mol. The standard InChI is InChI=1S/C21H22N3O/c1-4-17-15(3)23(13-16-11-9-14(2)10-12-16)21-22-18-7-5-6-8-19(18)24(21)20(17)25/h5-12,19H,4,13H2,1-3H3/q+1. The van der Waals surface area contributed by atoms with Gasteiger partial charge < -0.3 is 0 Å². The van der Waals surface area contributed by atoms with Crippen LogP contribution in [0, 0.1) is 13.8 Å². The van der Waals surface area contributed by atoms with Gasteiger partial charge in [-0.1, -0.05) is 53.9 Å². The van der Waals surface area contributed by atoms with E-state index in [0.717, 1.165) is 29.3 Å². The monoisotopic (exact) mass is 332 g/mol. The summed E-state index contributed by atoms with van der Waals surface area (Å²) in [6.45, 7) is 6.88. The lowest BCUT2D eigenvalue weighted by Crippen LogP contribution is -2.46. The van der Waals surface area contributed by atoms with Crippen molar-refractivity contribution in [2.45, 2.75) is 39.8 Å². The Labute approximate surface area is 147 Å². The second-order valence-electron chi connectivity index (χ2n) is 6.69. The van der Waals surface area contributed by atoms with Crippen molar-refractivity contribution in [2.75, 3.05) is 0 Å². The lowest BCUT2D eigenvalue weighted by molar-refractivity contribution is -0.685. The Morgan fingerprint density at radius 2 is 1.92 bits per heavy atom. The molecule has 0 N–H and O–H groups in total. The molecular weight excluding hydrogens is 310 g/mol. The van der Waals surface area contributed by atoms with Crippen molar-refractivity contribution in [3.8, 4) is 0 Å². The van der Waals surface area contributed by atoms with Crippen molar-refractivity contribution >= 4 is 11.7 Å². The van der Waals surface area contributed by atoms with Crippen molar-refractivity contribution in [1.82, 2.24) is 4.57 Å². The van der Waals surface area contributed by atoms with E-state index in [1.165, 1.54) is 11.1 Å². The third kappa shape index (κ3) is 2.49. The largest absolute Gasteiger partial charge is 0.403 e. The topological polar surface area (TPSA) is 38.2 Å². The molecule has 2 heterocycles. The second kappa shape index (κ2) is 5.96. The number of hydrogen-bond donors (Lipinski definition) is 0. The van der Waals surface area contributed by atoms with E-state index < -0.39 is 0 Å². The lowest BCUT2D eigenvalue weighted by atomic mass is 10.1. The van der Waals surface area contributed by atoms with Crippen LogP contribution in [0.1, 0.15) is 35.3 Å². The molecule has 4 nitrogen and oxygen atoms in total. The number of allylic oxidation sites excluding steroid dienone is 4. The molecule has 0 spiro atoms. The molecular formula is C21H22N3O+. The van der Waals surface area contributed by atoms with Gasteiger partial charge >= 0.3 is 11.5 Å². The molecule has 25 heavy (non-hydrogen) atoms. The summed E-state index contributed by atoms with van der Waals surface area (Å²) in [5, 5.41) is 0. The summed E-state index contributed by atoms with van der Waals surface area (Å²) in [6.07, 6.45) is 8.72. The maximum absolute atomic E-state index is 13.0. The molecule has 1 unspecified atom stereocenters. The molecule has 126 valence electrons. The molecule has 1 aliphatic heterocycles. The van der Waals surface area contributed by atoms with Crippen LogP contribution in [0.2, 0.25) is 0 Å². The molecule has 0 amide bonds. The van der Waals surface area contributed by atoms with Crippen LogP contribution in [0.3, 0.4) is 0 Å². The second-order valence-corrected chi connectivity index (χ2v) is 6.69. The Morgan fingerprint density at radius 3 is 2.64 bits per heavy atom. The van der Waals surface area contributed by atoms with Gasteiger partial charge in [-0.05, 0) is 38.0 Å². The molecule has 4 rings (SSSR count). The summed E-state index contributed by atoms with van der Waals surface area (Å²) in [5.74, 6) is 0.747. The number of aromatic nitrogens is 2. The summed E-state index contributed by atoms with van der Waals surface area (Å²) >= 11 is 0. The minimum atomic E-state index is -0.0809. The molecule has 1 aliphatic carbocycles. The smallest absolute Gasteiger partial charge is 0.250 e. The van der Waals surface area contributed by atoms with E-state index in [4.69, 9.17) is 4.99 Å². The van der Waals surface area contributed by atoms with Gasteiger partial charge in [0.2, 0.25) is 0 Å². The Balaban J connectivity index is 1.92. The maximum atomic E-state index is 13.0. The van der Waals surface area contributed by atoms with Crippen molar-refractivity contribution in [3.05, 3.63) is 81.3 Å². The van der Waals surface area contributed by atoms with Gasteiger partial charge in [-0.15, -0.1) is 0 Å². The minimum Gasteiger partial charge on any atom is -0.250 e. The van der Waals surface area contributed by atoms with Crippen LogP contribution in [-0.2, 0) is 13.0 Å². The van der Waals surface area contributed by atoms with Gasteiger partial charge in [-0.25, -0.2) is 4.57 Å². The first-order valence-corrected chi connectivity index (χ1v) is 8.77. The number of benzene rings is 1. The van der Waals surface area contributed by atoms with Crippen LogP contribution in [0.5, 0.6) is 0 Å². The zero-order valence-corrected chi connectivity index (χ0v) is 14.9. The highest BCUT2D eigenvalue weighted by Crippen LogP contribution is 2.28. The SMILES string of the molecule is CCc1c(C)[n+](Cc2ccc(C)cc2)c2n(c1=O)C1C=CC=CC1=N2. The number of nitrogens with zero attached hydrogens (tertiary/aromatic N) is 3. The average molecular weight is 332 g/mol. The number of rotatable bonds is 3. The molecule has 0 saturated carbocycles. The molecule has 0 saturated heterocycles. The highest BCUT2D eigenvalue weighted by Gasteiger charge is 2.38. The molecule has 0 radical (unpaired) electrons. The van der Waals surface area contributed by atoms with E-state index in [1.807, 2.05) is 42.7 Å². The fourth-order valence-corrected chi connectivity index (χ4v) is 3.63. The van der Waals surface area contributed by atoms with Crippen molar-refractivity contribution in [2.24, 2.45) is 4.99 Å². The third-order valence-electron chi connectivity index (χ3n) is 5.07. The van der Waals surface area contributed by atoms with E-state index in [1.54, 1.807) is 0 Å². The Bertz CT molecular complexity index is 991. The predicted octanol–water partition coefficient (Wildman–Crippen LogP) is 3.12. The molecule has 2 aliphatic rings. The molecule has 1 aromatic carbocycles. The Kier molecular flexibility index (Phi) is 3.75. The van der Waals surface area contributed by atoms with Crippen LogP contribution >= 0.6 is 0 Å². The van der Waals surface area contributed by atoms with Crippen LogP contribution in [0.25, 0.3) is 0 Å². The highest BCUT2D eigenvalue weighted by molar-refractivity contribution is 6.03. The minimum absolute atomic E-state index is 0.0809. The third-order valence-corrected chi connectivity index (χ3v) is 5.07. The highest BCUT2D eigenvalue weighted by atomic mass is 16.1. The summed E-state index contributed by atoms with van der Waals surface area (Å²) in [4.78, 5) is 17.8. The van der Waals surface area contributed by atoms with Crippen molar-refractivity contribution in [3.63, 3.8) is 0 Å². The van der Waals surface area contributed by atoms with Gasteiger partial charge in [-0.3, -0.25) is 4.79 Å². The van der Waals surface area contributed by atoms with Crippen molar-refractivity contribution in [1.29, 1.82) is 0 Å². The zero-order valence-electron chi connectivity index (χ0n) is 14.9. The van der Waals surface area contributed by atoms with Crippen LogP contribution in [0.4, 0.5) is 5.95 Å². The number of hydrogen-bond acceptors (Lipinski definition) is 2. The summed E-state index contributed by atoms with van der Waals surface area (Å²) in [6, 6.07) is 8.45. The first-order valence-electron chi connectivity index (χ1n) is 8.77. The van der Waals surface area contributed by atoms with Crippen LogP contribution in [0.15, 0.2) is 58.4 Å². The molecule has 1 atom stereocenters. The van der Waals surface area contributed by atoms with E-state index in [2.05, 4.69) is 35.8 Å². The van der Waals surface area contributed by atoms with Crippen molar-refractivity contribution < 1.29 is 4.57 Å². The summed E-state index contributed by atoms with van der Waals surface area (Å²) < 4.78 is 4.02. The number of aryl methyl sites for hydroxylation is 1.